The van der Waals surface area contributed by atoms with Crippen LogP contribution in [0.1, 0.15) is 11.3 Å². The van der Waals surface area contributed by atoms with Crippen LogP contribution in [0.2, 0.25) is 0 Å². The van der Waals surface area contributed by atoms with Gasteiger partial charge in [-0.15, -0.1) is 0 Å². The second kappa shape index (κ2) is 9.21. The summed E-state index contributed by atoms with van der Waals surface area (Å²) in [6.45, 7) is 1.87. The number of hydrogen-bond donors (Lipinski definition) is 1. The molecule has 0 amide bonds. The molecule has 0 aliphatic heterocycles. The molecule has 0 unspecified atom stereocenters. The van der Waals surface area contributed by atoms with Crippen LogP contribution in [-0.4, -0.2) is 30.1 Å². The van der Waals surface area contributed by atoms with Crippen molar-refractivity contribution in [2.45, 2.75) is 11.8 Å². The fourth-order valence-electron chi connectivity index (χ4n) is 3.10. The van der Waals surface area contributed by atoms with Gasteiger partial charge in [0.15, 0.2) is 0 Å². The number of aryl methyl sites for hydroxylation is 1. The molecule has 172 valence electrons. The van der Waals surface area contributed by atoms with Crippen molar-refractivity contribution < 1.29 is 22.3 Å². The Labute approximate surface area is 195 Å². The molecule has 0 aliphatic carbocycles. The van der Waals surface area contributed by atoms with Gasteiger partial charge < -0.3 is 14.0 Å². The normalized spacial score (nSPS) is 11.0. The van der Waals surface area contributed by atoms with Crippen LogP contribution in [0.3, 0.4) is 0 Å². The number of nitrogens with one attached hydrogen (secondary N) is 1. The Bertz CT molecular complexity index is 1490. The summed E-state index contributed by atoms with van der Waals surface area (Å²) >= 11 is 0. The number of imidazole rings is 1. The number of aromatic nitrogens is 3. The van der Waals surface area contributed by atoms with Gasteiger partial charge in [0.05, 0.1) is 41.5 Å². The molecule has 0 atom stereocenters. The number of sulfonamides is 1. The van der Waals surface area contributed by atoms with Crippen molar-refractivity contribution in [1.29, 1.82) is 5.26 Å². The van der Waals surface area contributed by atoms with Crippen LogP contribution >= 0.6 is 0 Å². The van der Waals surface area contributed by atoms with Gasteiger partial charge in [-0.25, -0.2) is 22.8 Å². The first kappa shape index (κ1) is 22.8. The van der Waals surface area contributed by atoms with Gasteiger partial charge in [-0.2, -0.15) is 5.26 Å². The fraction of sp³-hybridized carbons (Fsp3) is 0.0870. The Kier molecular flexibility index (Phi) is 6.16. The molecule has 4 rings (SSSR count). The minimum Gasteiger partial charge on any atom is -0.494 e. The number of nitriles is 1. The van der Waals surface area contributed by atoms with Crippen molar-refractivity contribution in [3.05, 3.63) is 84.3 Å². The van der Waals surface area contributed by atoms with Crippen LogP contribution in [0, 0.1) is 24.1 Å². The standard InChI is InChI=1S/C23H18FN5O4S/c1-15-13-29(14-27-15)20-6-4-18(10-22(20)32-2)33-21-7-5-19(9-16(21)11-25)34(30,31)28-23-8-3-17(24)12-26-23/h3-10,12-14H,1-2H3,(H,26,28). The van der Waals surface area contributed by atoms with Gasteiger partial charge in [0.2, 0.25) is 0 Å². The first-order valence-corrected chi connectivity index (χ1v) is 11.3. The fourth-order valence-corrected chi connectivity index (χ4v) is 4.13. The number of methoxy groups -OCH3 is 1. The molecule has 2 heterocycles. The predicted molar refractivity (Wildman–Crippen MR) is 121 cm³/mol. The van der Waals surface area contributed by atoms with E-state index < -0.39 is 15.8 Å². The van der Waals surface area contributed by atoms with E-state index in [1.807, 2.05) is 19.2 Å². The minimum absolute atomic E-state index is 0.00298. The van der Waals surface area contributed by atoms with Crippen molar-refractivity contribution >= 4 is 15.8 Å². The summed E-state index contributed by atoms with van der Waals surface area (Å²) in [5.74, 6) is 0.415. The zero-order valence-corrected chi connectivity index (χ0v) is 18.9. The quantitative estimate of drug-likeness (QED) is 0.422. The van der Waals surface area contributed by atoms with Gasteiger partial charge in [0.1, 0.15) is 35.0 Å². The third-order valence-corrected chi connectivity index (χ3v) is 6.07. The maximum Gasteiger partial charge on any atom is 0.263 e. The SMILES string of the molecule is COc1cc(Oc2ccc(S(=O)(=O)Nc3ccc(F)cn3)cc2C#N)ccc1-n1cnc(C)c1. The number of anilines is 1. The maximum absolute atomic E-state index is 13.0. The van der Waals surface area contributed by atoms with Crippen molar-refractivity contribution in [1.82, 2.24) is 14.5 Å². The van der Waals surface area contributed by atoms with Crippen LogP contribution in [0.25, 0.3) is 5.69 Å². The summed E-state index contributed by atoms with van der Waals surface area (Å²) in [7, 11) is -2.54. The highest BCUT2D eigenvalue weighted by Gasteiger charge is 2.18. The summed E-state index contributed by atoms with van der Waals surface area (Å²) in [5, 5.41) is 9.57. The van der Waals surface area contributed by atoms with E-state index in [0.717, 1.165) is 23.6 Å². The zero-order valence-electron chi connectivity index (χ0n) is 18.1. The van der Waals surface area contributed by atoms with Crippen LogP contribution in [-0.2, 0) is 10.0 Å². The van der Waals surface area contributed by atoms with Crippen molar-refractivity contribution in [2.75, 3.05) is 11.8 Å². The third kappa shape index (κ3) is 4.82. The Balaban J connectivity index is 1.60. The Morgan fingerprint density at radius 3 is 2.56 bits per heavy atom. The highest BCUT2D eigenvalue weighted by Crippen LogP contribution is 2.33. The molecule has 0 aliphatic rings. The Morgan fingerprint density at radius 1 is 1.09 bits per heavy atom. The lowest BCUT2D eigenvalue weighted by Gasteiger charge is -2.13. The predicted octanol–water partition coefficient (Wildman–Crippen LogP) is 4.19. The zero-order chi connectivity index (χ0) is 24.3. The first-order chi connectivity index (χ1) is 16.3. The van der Waals surface area contributed by atoms with Gasteiger partial charge in [0.25, 0.3) is 10.0 Å². The van der Waals surface area contributed by atoms with E-state index >= 15 is 0 Å². The lowest BCUT2D eigenvalue weighted by Crippen LogP contribution is -2.14. The highest BCUT2D eigenvalue weighted by molar-refractivity contribution is 7.92. The maximum atomic E-state index is 13.0. The van der Waals surface area contributed by atoms with Crippen LogP contribution in [0.15, 0.2) is 72.1 Å². The monoisotopic (exact) mass is 479 g/mol. The number of halogens is 1. The Hall–Kier alpha value is -4.43. The molecular weight excluding hydrogens is 461 g/mol. The molecule has 0 saturated carbocycles. The second-order valence-corrected chi connectivity index (χ2v) is 8.78. The average molecular weight is 479 g/mol. The molecule has 4 aromatic rings. The van der Waals surface area contributed by atoms with Crippen LogP contribution in [0.5, 0.6) is 17.2 Å². The molecule has 0 saturated heterocycles. The first-order valence-electron chi connectivity index (χ1n) is 9.84. The topological polar surface area (TPSA) is 119 Å². The lowest BCUT2D eigenvalue weighted by atomic mass is 10.2. The number of hydrogen-bond acceptors (Lipinski definition) is 7. The summed E-state index contributed by atoms with van der Waals surface area (Å²) < 4.78 is 53.7. The van der Waals surface area contributed by atoms with E-state index in [-0.39, 0.29) is 22.0 Å². The van der Waals surface area contributed by atoms with Gasteiger partial charge in [-0.05, 0) is 49.4 Å². The van der Waals surface area contributed by atoms with E-state index in [2.05, 4.69) is 14.7 Å². The van der Waals surface area contributed by atoms with E-state index in [4.69, 9.17) is 9.47 Å². The van der Waals surface area contributed by atoms with E-state index in [9.17, 15) is 18.1 Å². The van der Waals surface area contributed by atoms with E-state index in [1.165, 1.54) is 31.4 Å². The third-order valence-electron chi connectivity index (χ3n) is 4.72. The molecule has 11 heteroatoms. The summed E-state index contributed by atoms with van der Waals surface area (Å²) in [5.41, 5.74) is 1.60. The van der Waals surface area contributed by atoms with Crippen molar-refractivity contribution in [3.63, 3.8) is 0 Å². The average Bonchev–Trinajstić information content (AvgIpc) is 3.26. The highest BCUT2D eigenvalue weighted by atomic mass is 32.2. The number of benzene rings is 2. The Morgan fingerprint density at radius 2 is 1.91 bits per heavy atom. The number of rotatable bonds is 7. The van der Waals surface area contributed by atoms with Gasteiger partial charge in [-0.3, -0.25) is 4.72 Å². The molecule has 0 bridgehead atoms. The lowest BCUT2D eigenvalue weighted by molar-refractivity contribution is 0.407. The van der Waals surface area contributed by atoms with Crippen LogP contribution in [0.4, 0.5) is 10.2 Å². The summed E-state index contributed by atoms with van der Waals surface area (Å²) in [6.07, 6.45) is 4.40. The number of ether oxygens (including phenoxy) is 2. The van der Waals surface area contributed by atoms with E-state index in [0.29, 0.717) is 11.5 Å². The molecule has 34 heavy (non-hydrogen) atoms. The second-order valence-electron chi connectivity index (χ2n) is 7.09. The number of nitrogens with zero attached hydrogens (tertiary/aromatic N) is 4. The molecule has 1 N–H and O–H groups in total. The van der Waals surface area contributed by atoms with E-state index in [1.54, 1.807) is 29.1 Å². The minimum atomic E-state index is -4.06. The summed E-state index contributed by atoms with van der Waals surface area (Å²) in [6, 6.07) is 13.2. The molecule has 0 fully saturated rings. The molecule has 0 spiro atoms. The molecule has 2 aromatic heterocycles. The molecule has 2 aromatic carbocycles. The van der Waals surface area contributed by atoms with Gasteiger partial charge in [0, 0.05) is 12.3 Å². The molecule has 0 radical (unpaired) electrons. The molecular formula is C23H18FN5O4S. The van der Waals surface area contributed by atoms with Gasteiger partial charge >= 0.3 is 0 Å². The molecule has 9 nitrogen and oxygen atoms in total. The largest absolute Gasteiger partial charge is 0.494 e. The van der Waals surface area contributed by atoms with Crippen molar-refractivity contribution in [2.24, 2.45) is 0 Å². The smallest absolute Gasteiger partial charge is 0.263 e. The summed E-state index contributed by atoms with van der Waals surface area (Å²) in [4.78, 5) is 7.71. The van der Waals surface area contributed by atoms with Gasteiger partial charge in [-0.1, -0.05) is 0 Å². The number of pyridine rings is 1. The van der Waals surface area contributed by atoms with Crippen LogP contribution < -0.4 is 14.2 Å². The van der Waals surface area contributed by atoms with Crippen molar-refractivity contribution in [3.8, 4) is 29.0 Å².